The molecule has 0 radical (unpaired) electrons. The molecular weight excluding hydrogens is 435 g/mol. The van der Waals surface area contributed by atoms with Gasteiger partial charge in [0.1, 0.15) is 5.82 Å². The molecule has 188 valence electrons. The topological polar surface area (TPSA) is 90.5 Å². The SMILES string of the molecule is CCCNC(C(=O)N(C)CC(=O)NCC(=O)NCCCc1ccc(F)cc1C1CCC1)C1CC1. The van der Waals surface area contributed by atoms with Crippen molar-refractivity contribution >= 4 is 17.7 Å². The first-order valence-electron chi connectivity index (χ1n) is 12.7. The van der Waals surface area contributed by atoms with Crippen LogP contribution in [0, 0.1) is 11.7 Å². The third-order valence-electron chi connectivity index (χ3n) is 6.77. The number of likely N-dealkylation sites (N-methyl/N-ethyl adjacent to an activating group) is 1. The molecule has 2 fully saturated rings. The minimum Gasteiger partial charge on any atom is -0.355 e. The first-order chi connectivity index (χ1) is 16.4. The highest BCUT2D eigenvalue weighted by atomic mass is 19.1. The molecule has 0 aromatic heterocycles. The predicted molar refractivity (Wildman–Crippen MR) is 130 cm³/mol. The van der Waals surface area contributed by atoms with Crippen molar-refractivity contribution in [3.8, 4) is 0 Å². The molecule has 0 aliphatic heterocycles. The Bertz CT molecular complexity index is 854. The number of hydrogen-bond donors (Lipinski definition) is 3. The maximum atomic E-state index is 13.6. The molecule has 1 aromatic carbocycles. The molecule has 1 unspecified atom stereocenters. The Balaban J connectivity index is 1.32. The van der Waals surface area contributed by atoms with Crippen molar-refractivity contribution in [2.45, 2.75) is 70.3 Å². The van der Waals surface area contributed by atoms with Gasteiger partial charge in [0.25, 0.3) is 0 Å². The van der Waals surface area contributed by atoms with Crippen molar-refractivity contribution in [1.29, 1.82) is 0 Å². The summed E-state index contributed by atoms with van der Waals surface area (Å²) in [4.78, 5) is 38.5. The summed E-state index contributed by atoms with van der Waals surface area (Å²) in [5, 5.41) is 8.70. The molecule has 1 atom stereocenters. The van der Waals surface area contributed by atoms with Gasteiger partial charge in [-0.05, 0) is 86.6 Å². The smallest absolute Gasteiger partial charge is 0.240 e. The molecule has 0 spiro atoms. The van der Waals surface area contributed by atoms with Crippen molar-refractivity contribution in [2.24, 2.45) is 5.92 Å². The number of carbonyl (C=O) groups is 3. The summed E-state index contributed by atoms with van der Waals surface area (Å²) in [5.74, 6) is -0.0638. The van der Waals surface area contributed by atoms with E-state index in [0.717, 1.165) is 62.6 Å². The van der Waals surface area contributed by atoms with Gasteiger partial charge in [-0.2, -0.15) is 0 Å². The van der Waals surface area contributed by atoms with Crippen molar-refractivity contribution in [1.82, 2.24) is 20.9 Å². The Morgan fingerprint density at radius 3 is 2.50 bits per heavy atom. The van der Waals surface area contributed by atoms with Gasteiger partial charge >= 0.3 is 0 Å². The van der Waals surface area contributed by atoms with Crippen LogP contribution in [0.15, 0.2) is 18.2 Å². The second kappa shape index (κ2) is 12.8. The molecule has 2 saturated carbocycles. The van der Waals surface area contributed by atoms with Crippen LogP contribution in [0.25, 0.3) is 0 Å². The second-order valence-corrected chi connectivity index (χ2v) is 9.66. The van der Waals surface area contributed by atoms with Crippen molar-refractivity contribution in [3.05, 3.63) is 35.1 Å². The van der Waals surface area contributed by atoms with Crippen molar-refractivity contribution < 1.29 is 18.8 Å². The van der Waals surface area contributed by atoms with Crippen LogP contribution >= 0.6 is 0 Å². The normalized spacial score (nSPS) is 16.4. The van der Waals surface area contributed by atoms with E-state index in [9.17, 15) is 18.8 Å². The molecule has 34 heavy (non-hydrogen) atoms. The minimum absolute atomic E-state index is 0.0717. The van der Waals surface area contributed by atoms with E-state index in [1.54, 1.807) is 13.1 Å². The van der Waals surface area contributed by atoms with E-state index in [0.29, 0.717) is 18.4 Å². The lowest BCUT2D eigenvalue weighted by molar-refractivity contribution is -0.137. The highest BCUT2D eigenvalue weighted by Gasteiger charge is 2.37. The van der Waals surface area contributed by atoms with Crippen LogP contribution in [-0.4, -0.2) is 61.9 Å². The summed E-state index contributed by atoms with van der Waals surface area (Å²) in [7, 11) is 1.62. The Morgan fingerprint density at radius 1 is 1.09 bits per heavy atom. The average Bonchev–Trinajstić information content (AvgIpc) is 3.60. The lowest BCUT2D eigenvalue weighted by Gasteiger charge is -2.28. The summed E-state index contributed by atoms with van der Waals surface area (Å²) < 4.78 is 13.6. The standard InChI is InChI=1S/C26H39FN4O3/c1-3-13-29-25(20-9-10-20)26(34)31(2)17-24(33)30-16-23(32)28-14-5-8-19-11-12-21(27)15-22(19)18-6-4-7-18/h11-12,15,18,20,25,29H,3-10,13-14,16-17H2,1-2H3,(H,28,32)(H,30,33). The summed E-state index contributed by atoms with van der Waals surface area (Å²) in [6, 6.07) is 4.78. The fraction of sp³-hybridized carbons (Fsp3) is 0.654. The zero-order valence-corrected chi connectivity index (χ0v) is 20.5. The largest absolute Gasteiger partial charge is 0.355 e. The zero-order valence-electron chi connectivity index (χ0n) is 20.5. The molecule has 2 aliphatic carbocycles. The quantitative estimate of drug-likeness (QED) is 0.362. The monoisotopic (exact) mass is 474 g/mol. The first-order valence-corrected chi connectivity index (χ1v) is 12.7. The summed E-state index contributed by atoms with van der Waals surface area (Å²) in [5.41, 5.74) is 2.26. The van der Waals surface area contributed by atoms with E-state index in [4.69, 9.17) is 0 Å². The zero-order chi connectivity index (χ0) is 24.5. The van der Waals surface area contributed by atoms with Gasteiger partial charge in [-0.25, -0.2) is 4.39 Å². The minimum atomic E-state index is -0.354. The molecule has 7 nitrogen and oxygen atoms in total. The number of benzene rings is 1. The summed E-state index contributed by atoms with van der Waals surface area (Å²) in [6.07, 6.45) is 7.97. The van der Waals surface area contributed by atoms with Crippen LogP contribution in [0.2, 0.25) is 0 Å². The lowest BCUT2D eigenvalue weighted by Crippen LogP contribution is -2.50. The molecular formula is C26H39FN4O3. The number of halogens is 1. The van der Waals surface area contributed by atoms with E-state index in [-0.39, 0.29) is 42.7 Å². The Kier molecular flexibility index (Phi) is 9.86. The Morgan fingerprint density at radius 2 is 1.85 bits per heavy atom. The molecule has 0 saturated heterocycles. The number of nitrogens with one attached hydrogen (secondary N) is 3. The second-order valence-electron chi connectivity index (χ2n) is 9.66. The van der Waals surface area contributed by atoms with E-state index in [1.807, 2.05) is 6.07 Å². The molecule has 3 rings (SSSR count). The highest BCUT2D eigenvalue weighted by Crippen LogP contribution is 2.38. The molecule has 0 bridgehead atoms. The molecule has 1 aromatic rings. The van der Waals surface area contributed by atoms with Crippen molar-refractivity contribution in [2.75, 3.05) is 33.2 Å². The van der Waals surface area contributed by atoms with Crippen LogP contribution in [0.4, 0.5) is 4.39 Å². The highest BCUT2D eigenvalue weighted by molar-refractivity contribution is 5.89. The number of aryl methyl sites for hydroxylation is 1. The fourth-order valence-electron chi connectivity index (χ4n) is 4.41. The van der Waals surface area contributed by atoms with Gasteiger partial charge in [0, 0.05) is 13.6 Å². The van der Waals surface area contributed by atoms with Gasteiger partial charge in [-0.15, -0.1) is 0 Å². The molecule has 8 heteroatoms. The third-order valence-corrected chi connectivity index (χ3v) is 6.77. The number of hydrogen-bond acceptors (Lipinski definition) is 4. The summed E-state index contributed by atoms with van der Waals surface area (Å²) >= 11 is 0. The van der Waals surface area contributed by atoms with Gasteiger partial charge in [-0.3, -0.25) is 14.4 Å². The molecule has 3 amide bonds. The fourth-order valence-corrected chi connectivity index (χ4v) is 4.41. The first kappa shape index (κ1) is 26.1. The van der Waals surface area contributed by atoms with Gasteiger partial charge in [0.2, 0.25) is 17.7 Å². The molecule has 0 heterocycles. The number of amides is 3. The van der Waals surface area contributed by atoms with E-state index >= 15 is 0 Å². The van der Waals surface area contributed by atoms with Crippen LogP contribution in [0.5, 0.6) is 0 Å². The number of nitrogens with zero attached hydrogens (tertiary/aromatic N) is 1. The molecule has 3 N–H and O–H groups in total. The lowest BCUT2D eigenvalue weighted by atomic mass is 9.77. The van der Waals surface area contributed by atoms with Crippen LogP contribution < -0.4 is 16.0 Å². The van der Waals surface area contributed by atoms with Gasteiger partial charge in [0.15, 0.2) is 0 Å². The maximum absolute atomic E-state index is 13.6. The van der Waals surface area contributed by atoms with Crippen LogP contribution in [-0.2, 0) is 20.8 Å². The predicted octanol–water partition coefficient (Wildman–Crippen LogP) is 2.49. The van der Waals surface area contributed by atoms with Gasteiger partial charge in [0.05, 0.1) is 19.1 Å². The van der Waals surface area contributed by atoms with E-state index in [1.165, 1.54) is 17.4 Å². The summed E-state index contributed by atoms with van der Waals surface area (Å²) in [6.45, 7) is 3.12. The van der Waals surface area contributed by atoms with Crippen molar-refractivity contribution in [3.63, 3.8) is 0 Å². The Labute approximate surface area is 202 Å². The van der Waals surface area contributed by atoms with Gasteiger partial charge in [-0.1, -0.05) is 19.4 Å². The van der Waals surface area contributed by atoms with E-state index < -0.39 is 0 Å². The number of carbonyl (C=O) groups excluding carboxylic acids is 3. The van der Waals surface area contributed by atoms with Crippen LogP contribution in [0.3, 0.4) is 0 Å². The number of rotatable bonds is 14. The maximum Gasteiger partial charge on any atom is 0.240 e. The molecule has 2 aliphatic rings. The average molecular weight is 475 g/mol. The van der Waals surface area contributed by atoms with Gasteiger partial charge < -0.3 is 20.9 Å². The third kappa shape index (κ3) is 7.79. The van der Waals surface area contributed by atoms with Crippen LogP contribution in [0.1, 0.15) is 68.9 Å². The Hall–Kier alpha value is -2.48. The van der Waals surface area contributed by atoms with E-state index in [2.05, 4.69) is 22.9 Å².